The number of hydrogen-bond acceptors (Lipinski definition) is 6. The normalized spacial score (nSPS) is 14.6. The molecule has 3 N–H and O–H groups in total. The van der Waals surface area contributed by atoms with E-state index >= 15 is 0 Å². The lowest BCUT2D eigenvalue weighted by atomic mass is 10.1. The van der Waals surface area contributed by atoms with Crippen LogP contribution in [0.2, 0.25) is 0 Å². The summed E-state index contributed by atoms with van der Waals surface area (Å²) in [5, 5.41) is 4.23. The molecule has 37 heavy (non-hydrogen) atoms. The van der Waals surface area contributed by atoms with Crippen molar-refractivity contribution in [2.45, 2.75) is 19.5 Å². The number of imidazole rings is 1. The fourth-order valence-electron chi connectivity index (χ4n) is 3.89. The fraction of sp³-hybridized carbons (Fsp3) is 0.360. The van der Waals surface area contributed by atoms with E-state index in [1.165, 1.54) is 0 Å². The average Bonchev–Trinajstić information content (AvgIpc) is 3.31. The van der Waals surface area contributed by atoms with Crippen LogP contribution in [-0.2, 0) is 9.57 Å². The summed E-state index contributed by atoms with van der Waals surface area (Å²) in [6.45, 7) is 4.00. The molecule has 198 valence electrons. The SMILES string of the molecule is CCCONC=C(c1ccn2c(-c3cccc(NC(=O)NCC(F)(F)F)c3)cnc2c1)N1CCOCC1. The zero-order chi connectivity index (χ0) is 26.3. The van der Waals surface area contributed by atoms with Crippen LogP contribution in [0.3, 0.4) is 0 Å². The highest BCUT2D eigenvalue weighted by atomic mass is 19.4. The molecule has 0 saturated carbocycles. The average molecular weight is 519 g/mol. The highest BCUT2D eigenvalue weighted by molar-refractivity contribution is 5.90. The second kappa shape index (κ2) is 12.0. The second-order valence-electron chi connectivity index (χ2n) is 8.39. The van der Waals surface area contributed by atoms with E-state index in [9.17, 15) is 18.0 Å². The van der Waals surface area contributed by atoms with Crippen LogP contribution in [0.25, 0.3) is 22.6 Å². The lowest BCUT2D eigenvalue weighted by Crippen LogP contribution is -2.36. The van der Waals surface area contributed by atoms with Gasteiger partial charge in [0.25, 0.3) is 0 Å². The Morgan fingerprint density at radius 3 is 2.78 bits per heavy atom. The molecule has 0 bridgehead atoms. The molecule has 2 amide bonds. The Hall–Kier alpha value is -3.77. The Labute approximate surface area is 212 Å². The smallest absolute Gasteiger partial charge is 0.378 e. The van der Waals surface area contributed by atoms with Gasteiger partial charge in [-0.15, -0.1) is 0 Å². The minimum Gasteiger partial charge on any atom is -0.378 e. The topological polar surface area (TPSA) is 92.2 Å². The van der Waals surface area contributed by atoms with Crippen molar-refractivity contribution in [1.82, 2.24) is 25.1 Å². The number of urea groups is 1. The number of ether oxygens (including phenoxy) is 1. The number of alkyl halides is 3. The Morgan fingerprint density at radius 1 is 1.22 bits per heavy atom. The van der Waals surface area contributed by atoms with Crippen molar-refractivity contribution in [3.05, 3.63) is 60.6 Å². The summed E-state index contributed by atoms with van der Waals surface area (Å²) >= 11 is 0. The van der Waals surface area contributed by atoms with Gasteiger partial charge >= 0.3 is 12.2 Å². The van der Waals surface area contributed by atoms with E-state index in [2.05, 4.69) is 20.7 Å². The van der Waals surface area contributed by atoms with E-state index in [4.69, 9.17) is 9.57 Å². The molecule has 3 aromatic rings. The number of nitrogens with zero attached hydrogens (tertiary/aromatic N) is 3. The summed E-state index contributed by atoms with van der Waals surface area (Å²) in [7, 11) is 0. The first-order valence-electron chi connectivity index (χ1n) is 11.9. The lowest BCUT2D eigenvalue weighted by Gasteiger charge is -2.31. The molecule has 1 aromatic carbocycles. The van der Waals surface area contributed by atoms with Crippen molar-refractivity contribution in [3.8, 4) is 11.3 Å². The number of morpholine rings is 1. The molecule has 1 fully saturated rings. The molecule has 2 aromatic heterocycles. The molecular weight excluding hydrogens is 489 g/mol. The van der Waals surface area contributed by atoms with Crippen LogP contribution >= 0.6 is 0 Å². The van der Waals surface area contributed by atoms with E-state index in [0.717, 1.165) is 42.0 Å². The number of anilines is 1. The molecule has 0 radical (unpaired) electrons. The molecule has 1 aliphatic rings. The summed E-state index contributed by atoms with van der Waals surface area (Å²) in [6.07, 6.45) is 1.87. The van der Waals surface area contributed by atoms with Gasteiger partial charge in [0.2, 0.25) is 0 Å². The predicted octanol–water partition coefficient (Wildman–Crippen LogP) is 4.25. The Balaban J connectivity index is 1.55. The highest BCUT2D eigenvalue weighted by Gasteiger charge is 2.27. The van der Waals surface area contributed by atoms with Gasteiger partial charge in [0, 0.05) is 42.3 Å². The lowest BCUT2D eigenvalue weighted by molar-refractivity contribution is -0.122. The summed E-state index contributed by atoms with van der Waals surface area (Å²) in [5.41, 5.74) is 7.42. The quantitative estimate of drug-likeness (QED) is 0.290. The maximum Gasteiger partial charge on any atom is 0.405 e. The van der Waals surface area contributed by atoms with Gasteiger partial charge in [-0.3, -0.25) is 14.7 Å². The largest absolute Gasteiger partial charge is 0.405 e. The van der Waals surface area contributed by atoms with Gasteiger partial charge in [0.15, 0.2) is 0 Å². The van der Waals surface area contributed by atoms with Gasteiger partial charge in [-0.25, -0.2) is 9.78 Å². The van der Waals surface area contributed by atoms with Gasteiger partial charge in [-0.2, -0.15) is 13.2 Å². The molecular formula is C25H29F3N6O3. The van der Waals surface area contributed by atoms with Crippen LogP contribution in [0.4, 0.5) is 23.7 Å². The highest BCUT2D eigenvalue weighted by Crippen LogP contribution is 2.27. The summed E-state index contributed by atoms with van der Waals surface area (Å²) in [5.74, 6) is 0. The number of hydrogen-bond donors (Lipinski definition) is 3. The van der Waals surface area contributed by atoms with Crippen LogP contribution in [0.5, 0.6) is 0 Å². The maximum absolute atomic E-state index is 12.4. The van der Waals surface area contributed by atoms with Crippen molar-refractivity contribution in [1.29, 1.82) is 0 Å². The van der Waals surface area contributed by atoms with E-state index in [-0.39, 0.29) is 0 Å². The molecule has 4 rings (SSSR count). The van der Waals surface area contributed by atoms with E-state index in [0.29, 0.717) is 31.2 Å². The van der Waals surface area contributed by atoms with Gasteiger partial charge in [0.1, 0.15) is 12.2 Å². The van der Waals surface area contributed by atoms with Gasteiger partial charge in [-0.1, -0.05) is 19.1 Å². The maximum atomic E-state index is 12.4. The molecule has 12 heteroatoms. The number of hydroxylamine groups is 1. The number of pyridine rings is 1. The van der Waals surface area contributed by atoms with Crippen molar-refractivity contribution in [2.24, 2.45) is 0 Å². The zero-order valence-corrected chi connectivity index (χ0v) is 20.3. The van der Waals surface area contributed by atoms with Crippen molar-refractivity contribution in [2.75, 3.05) is 44.8 Å². The number of halogens is 3. The van der Waals surface area contributed by atoms with Crippen molar-refractivity contribution in [3.63, 3.8) is 0 Å². The van der Waals surface area contributed by atoms with Crippen LogP contribution in [0.1, 0.15) is 18.9 Å². The fourth-order valence-corrected chi connectivity index (χ4v) is 3.89. The monoisotopic (exact) mass is 518 g/mol. The van der Waals surface area contributed by atoms with Crippen molar-refractivity contribution < 1.29 is 27.5 Å². The van der Waals surface area contributed by atoms with E-state index < -0.39 is 18.8 Å². The number of benzene rings is 1. The Kier molecular flexibility index (Phi) is 8.51. The minimum atomic E-state index is -4.48. The first kappa shape index (κ1) is 26.3. The molecule has 1 saturated heterocycles. The van der Waals surface area contributed by atoms with Gasteiger partial charge in [0.05, 0.1) is 37.4 Å². The zero-order valence-electron chi connectivity index (χ0n) is 20.3. The van der Waals surface area contributed by atoms with Crippen LogP contribution in [-0.4, -0.2) is 65.9 Å². The molecule has 3 heterocycles. The minimum absolute atomic E-state index is 0.361. The summed E-state index contributed by atoms with van der Waals surface area (Å²) in [4.78, 5) is 24.1. The number of carbonyl (C=O) groups excluding carboxylic acids is 1. The van der Waals surface area contributed by atoms with E-state index in [1.54, 1.807) is 29.7 Å². The third-order valence-electron chi connectivity index (χ3n) is 5.61. The third kappa shape index (κ3) is 7.14. The number of rotatable bonds is 9. The number of fused-ring (bicyclic) bond motifs is 1. The van der Waals surface area contributed by atoms with Gasteiger partial charge in [-0.05, 0) is 30.7 Å². The molecule has 1 aliphatic heterocycles. The first-order valence-corrected chi connectivity index (χ1v) is 11.9. The van der Waals surface area contributed by atoms with Crippen LogP contribution in [0.15, 0.2) is 55.0 Å². The standard InChI is InChI=1S/C25H29F3N6O3/c1-2-10-37-31-16-21(33-8-11-36-12-9-33)19-6-7-34-22(15-29-23(34)14-19)18-4-3-5-20(13-18)32-24(35)30-17-25(26,27)28/h3-7,13-16,31H,2,8-12,17H2,1H3,(H2,30,32,35). The third-order valence-corrected chi connectivity index (χ3v) is 5.61. The van der Waals surface area contributed by atoms with Crippen LogP contribution in [0, 0.1) is 0 Å². The molecule has 0 aliphatic carbocycles. The number of amides is 2. The van der Waals surface area contributed by atoms with Crippen LogP contribution < -0.4 is 16.1 Å². The molecule has 0 atom stereocenters. The Morgan fingerprint density at radius 2 is 2.03 bits per heavy atom. The Bertz CT molecular complexity index is 1240. The summed E-state index contributed by atoms with van der Waals surface area (Å²) in [6, 6.07) is 9.85. The van der Waals surface area contributed by atoms with E-state index in [1.807, 2.05) is 41.9 Å². The first-order chi connectivity index (χ1) is 17.8. The van der Waals surface area contributed by atoms with Gasteiger partial charge < -0.3 is 20.3 Å². The molecule has 0 spiro atoms. The second-order valence-corrected chi connectivity index (χ2v) is 8.39. The number of aromatic nitrogens is 2. The molecule has 0 unspecified atom stereocenters. The summed E-state index contributed by atoms with van der Waals surface area (Å²) < 4.78 is 44.5. The molecule has 9 nitrogen and oxygen atoms in total. The predicted molar refractivity (Wildman–Crippen MR) is 133 cm³/mol. The number of carbonyl (C=O) groups is 1. The number of nitrogens with one attached hydrogen (secondary N) is 3. The van der Waals surface area contributed by atoms with Crippen molar-refractivity contribution >= 4 is 23.1 Å².